The van der Waals surface area contributed by atoms with Crippen molar-refractivity contribution in [2.45, 2.75) is 25.7 Å². The standard InChI is InChI=1S/C27H28I2O/c28-19-8-3-9-20-30-21-18-26(22-10-4-1-5-11-22)27(23-12-6-2-7-13-23)24-14-16-25(29)17-15-24/h1-2,4-7,10-17H,3,8-9,18-21H2. The molecule has 0 atom stereocenters. The molecule has 0 unspecified atom stereocenters. The SMILES string of the molecule is ICCCCCOCCC(=C(c1ccccc1)c1ccc(I)cc1)c1ccccc1. The Bertz CT molecular complexity index is 903. The molecule has 0 aliphatic carbocycles. The summed E-state index contributed by atoms with van der Waals surface area (Å²) in [6.45, 7) is 1.60. The van der Waals surface area contributed by atoms with Crippen LogP contribution >= 0.6 is 45.2 Å². The molecular formula is C27H28I2O. The van der Waals surface area contributed by atoms with Crippen LogP contribution in [-0.4, -0.2) is 17.6 Å². The molecule has 0 saturated heterocycles. The highest BCUT2D eigenvalue weighted by atomic mass is 127. The number of hydrogen-bond donors (Lipinski definition) is 0. The average Bonchev–Trinajstić information content (AvgIpc) is 2.80. The summed E-state index contributed by atoms with van der Waals surface area (Å²) in [5.74, 6) is 0. The van der Waals surface area contributed by atoms with E-state index < -0.39 is 0 Å². The Morgan fingerprint density at radius 3 is 1.87 bits per heavy atom. The van der Waals surface area contributed by atoms with Gasteiger partial charge in [-0.2, -0.15) is 0 Å². The third kappa shape index (κ3) is 7.20. The van der Waals surface area contributed by atoms with E-state index in [-0.39, 0.29) is 0 Å². The van der Waals surface area contributed by atoms with E-state index in [2.05, 4.69) is 130 Å². The van der Waals surface area contributed by atoms with Crippen molar-refractivity contribution in [3.8, 4) is 0 Å². The molecule has 0 fully saturated rings. The van der Waals surface area contributed by atoms with Gasteiger partial charge in [0.2, 0.25) is 0 Å². The van der Waals surface area contributed by atoms with Crippen LogP contribution < -0.4 is 0 Å². The van der Waals surface area contributed by atoms with Crippen LogP contribution in [-0.2, 0) is 4.74 Å². The quantitative estimate of drug-likeness (QED) is 0.0906. The lowest BCUT2D eigenvalue weighted by atomic mass is 9.88. The number of ether oxygens (including phenoxy) is 1. The van der Waals surface area contributed by atoms with Gasteiger partial charge < -0.3 is 4.74 Å². The van der Waals surface area contributed by atoms with Gasteiger partial charge in [0.1, 0.15) is 0 Å². The van der Waals surface area contributed by atoms with Gasteiger partial charge in [-0.3, -0.25) is 0 Å². The molecule has 0 spiro atoms. The van der Waals surface area contributed by atoms with Crippen LogP contribution in [0.3, 0.4) is 0 Å². The summed E-state index contributed by atoms with van der Waals surface area (Å²) in [6.07, 6.45) is 4.58. The molecule has 3 aromatic rings. The Labute approximate surface area is 208 Å². The number of rotatable bonds is 11. The van der Waals surface area contributed by atoms with E-state index in [1.54, 1.807) is 0 Å². The minimum Gasteiger partial charge on any atom is -0.381 e. The van der Waals surface area contributed by atoms with Gasteiger partial charge in [-0.1, -0.05) is 102 Å². The van der Waals surface area contributed by atoms with Gasteiger partial charge in [0.25, 0.3) is 0 Å². The minimum atomic E-state index is 0.745. The van der Waals surface area contributed by atoms with E-state index >= 15 is 0 Å². The summed E-state index contributed by atoms with van der Waals surface area (Å²) in [6, 6.07) is 30.3. The monoisotopic (exact) mass is 622 g/mol. The molecule has 3 rings (SSSR count). The lowest BCUT2D eigenvalue weighted by Gasteiger charge is -2.18. The van der Waals surface area contributed by atoms with E-state index in [0.29, 0.717) is 0 Å². The zero-order valence-electron chi connectivity index (χ0n) is 17.2. The van der Waals surface area contributed by atoms with Crippen molar-refractivity contribution in [3.05, 3.63) is 105 Å². The Kier molecular flexibility index (Phi) is 10.4. The zero-order valence-corrected chi connectivity index (χ0v) is 21.5. The van der Waals surface area contributed by atoms with Crippen molar-refractivity contribution in [1.29, 1.82) is 0 Å². The van der Waals surface area contributed by atoms with E-state index in [4.69, 9.17) is 4.74 Å². The molecule has 3 heteroatoms. The maximum Gasteiger partial charge on any atom is 0.0506 e. The number of halogens is 2. The first-order valence-corrected chi connectivity index (χ1v) is 13.1. The fourth-order valence-corrected chi connectivity index (χ4v) is 4.44. The van der Waals surface area contributed by atoms with Crippen LogP contribution in [0.1, 0.15) is 42.4 Å². The van der Waals surface area contributed by atoms with Crippen LogP contribution in [0.5, 0.6) is 0 Å². The first kappa shape index (κ1) is 23.5. The number of benzene rings is 3. The van der Waals surface area contributed by atoms with Gasteiger partial charge >= 0.3 is 0 Å². The topological polar surface area (TPSA) is 9.23 Å². The number of unbranched alkanes of at least 4 members (excludes halogenated alkanes) is 2. The molecule has 3 aromatic carbocycles. The first-order valence-electron chi connectivity index (χ1n) is 10.5. The van der Waals surface area contributed by atoms with Crippen molar-refractivity contribution >= 4 is 56.3 Å². The second-order valence-corrected chi connectivity index (χ2v) is 9.53. The Morgan fingerprint density at radius 1 is 0.633 bits per heavy atom. The maximum atomic E-state index is 6.04. The van der Waals surface area contributed by atoms with Crippen LogP contribution in [0.15, 0.2) is 84.9 Å². The minimum absolute atomic E-state index is 0.745. The van der Waals surface area contributed by atoms with Crippen LogP contribution in [0.4, 0.5) is 0 Å². The smallest absolute Gasteiger partial charge is 0.0506 e. The van der Waals surface area contributed by atoms with Crippen molar-refractivity contribution in [1.82, 2.24) is 0 Å². The van der Waals surface area contributed by atoms with Crippen molar-refractivity contribution in [2.24, 2.45) is 0 Å². The Balaban J connectivity index is 1.94. The van der Waals surface area contributed by atoms with Crippen LogP contribution in [0.2, 0.25) is 0 Å². The summed E-state index contributed by atoms with van der Waals surface area (Å²) in [5, 5.41) is 0. The fraction of sp³-hybridized carbons (Fsp3) is 0.259. The van der Waals surface area contributed by atoms with Gasteiger partial charge in [-0.15, -0.1) is 0 Å². The van der Waals surface area contributed by atoms with Crippen LogP contribution in [0, 0.1) is 3.57 Å². The highest BCUT2D eigenvalue weighted by molar-refractivity contribution is 14.1. The molecule has 0 aliphatic rings. The van der Waals surface area contributed by atoms with Crippen molar-refractivity contribution in [3.63, 3.8) is 0 Å². The number of alkyl halides is 1. The highest BCUT2D eigenvalue weighted by Gasteiger charge is 2.14. The third-order valence-electron chi connectivity index (χ3n) is 5.04. The zero-order chi connectivity index (χ0) is 21.0. The lowest BCUT2D eigenvalue weighted by molar-refractivity contribution is 0.136. The van der Waals surface area contributed by atoms with E-state index in [0.717, 1.165) is 26.1 Å². The second-order valence-electron chi connectivity index (χ2n) is 7.20. The third-order valence-corrected chi connectivity index (χ3v) is 6.52. The molecule has 0 heterocycles. The molecule has 0 saturated carbocycles. The molecule has 0 amide bonds. The van der Waals surface area contributed by atoms with Gasteiger partial charge in [-0.25, -0.2) is 0 Å². The summed E-state index contributed by atoms with van der Waals surface area (Å²) < 4.78 is 8.52. The van der Waals surface area contributed by atoms with Crippen LogP contribution in [0.25, 0.3) is 11.1 Å². The number of hydrogen-bond acceptors (Lipinski definition) is 1. The molecule has 0 bridgehead atoms. The summed E-state index contributed by atoms with van der Waals surface area (Å²) >= 11 is 4.81. The van der Waals surface area contributed by atoms with Gasteiger partial charge in [0.15, 0.2) is 0 Å². The first-order chi connectivity index (χ1) is 14.8. The van der Waals surface area contributed by atoms with Crippen molar-refractivity contribution < 1.29 is 4.74 Å². The molecule has 156 valence electrons. The average molecular weight is 622 g/mol. The van der Waals surface area contributed by atoms with E-state index in [1.165, 1.54) is 48.7 Å². The second kappa shape index (κ2) is 13.3. The predicted octanol–water partition coefficient (Wildman–Crippen LogP) is 8.26. The van der Waals surface area contributed by atoms with Gasteiger partial charge in [0.05, 0.1) is 6.61 Å². The highest BCUT2D eigenvalue weighted by Crippen LogP contribution is 2.34. The summed E-state index contributed by atoms with van der Waals surface area (Å²) in [7, 11) is 0. The van der Waals surface area contributed by atoms with E-state index in [1.807, 2.05) is 0 Å². The largest absolute Gasteiger partial charge is 0.381 e. The molecule has 1 nitrogen and oxygen atoms in total. The Hall–Kier alpha value is -1.18. The van der Waals surface area contributed by atoms with Gasteiger partial charge in [-0.05, 0) is 86.3 Å². The predicted molar refractivity (Wildman–Crippen MR) is 146 cm³/mol. The molecule has 30 heavy (non-hydrogen) atoms. The van der Waals surface area contributed by atoms with Gasteiger partial charge in [0, 0.05) is 10.2 Å². The molecule has 0 N–H and O–H groups in total. The normalized spacial score (nSPS) is 11.9. The summed E-state index contributed by atoms with van der Waals surface area (Å²) in [4.78, 5) is 0. The molecule has 0 radical (unpaired) electrons. The Morgan fingerprint density at radius 2 is 1.23 bits per heavy atom. The molecule has 0 aromatic heterocycles. The van der Waals surface area contributed by atoms with E-state index in [9.17, 15) is 0 Å². The summed E-state index contributed by atoms with van der Waals surface area (Å²) in [5.41, 5.74) is 6.41. The molecular weight excluding hydrogens is 594 g/mol. The lowest BCUT2D eigenvalue weighted by Crippen LogP contribution is -2.02. The maximum absolute atomic E-state index is 6.04. The van der Waals surface area contributed by atoms with Crippen molar-refractivity contribution in [2.75, 3.05) is 17.6 Å². The molecule has 0 aliphatic heterocycles. The fourth-order valence-electron chi connectivity index (χ4n) is 3.54.